The molecule has 2 N–H and O–H groups in total. The molecule has 2 aromatic carbocycles. The van der Waals surface area contributed by atoms with Crippen LogP contribution in [0.15, 0.2) is 42.5 Å². The predicted octanol–water partition coefficient (Wildman–Crippen LogP) is 3.41. The molecule has 0 saturated carbocycles. The summed E-state index contributed by atoms with van der Waals surface area (Å²) in [5.74, 6) is -2.84. The predicted molar refractivity (Wildman–Crippen MR) is 116 cm³/mol. The first-order valence-corrected chi connectivity index (χ1v) is 10.3. The van der Waals surface area contributed by atoms with Crippen LogP contribution in [0.4, 0.5) is 21.5 Å². The lowest BCUT2D eigenvalue weighted by Gasteiger charge is -2.28. The number of aryl methyl sites for hydroxylation is 1. The molecule has 0 radical (unpaired) electrons. The molecule has 3 rings (SSSR count). The van der Waals surface area contributed by atoms with Crippen molar-refractivity contribution in [2.45, 2.75) is 32.1 Å². The second-order valence-electron chi connectivity index (χ2n) is 7.45. The number of piperidine rings is 1. The molecule has 1 aliphatic rings. The molecule has 9 heteroatoms. The van der Waals surface area contributed by atoms with Crippen molar-refractivity contribution in [2.75, 3.05) is 29.9 Å². The highest BCUT2D eigenvalue weighted by atomic mass is 19.1. The Kier molecular flexibility index (Phi) is 7.53. The number of amides is 2. The summed E-state index contributed by atoms with van der Waals surface area (Å²) in [6.07, 6.45) is 5.17. The Bertz CT molecular complexity index is 943. The van der Waals surface area contributed by atoms with Crippen molar-refractivity contribution in [2.24, 2.45) is 0 Å². The number of nitrogens with one attached hydrogen (secondary N) is 2. The first kappa shape index (κ1) is 22.2. The molecule has 1 fully saturated rings. The normalized spacial score (nSPS) is 13.5. The Morgan fingerprint density at radius 3 is 2.42 bits per heavy atom. The standard InChI is InChI=1S/C22H25FN4O4/c23-19-11-8-17(15-20(19)27(30)31)25-22(29)21(28)24-12-4-5-16-6-9-18(10-7-16)26-13-2-1-3-14-26/h6-11,15H,1-5,12-14H2,(H,24,28)(H,25,29). The molecule has 0 unspecified atom stereocenters. The molecular formula is C22H25FN4O4. The van der Waals surface area contributed by atoms with E-state index in [1.54, 1.807) is 0 Å². The number of rotatable bonds is 7. The average molecular weight is 428 g/mol. The number of carbonyl (C=O) groups excluding carboxylic acids is 2. The van der Waals surface area contributed by atoms with E-state index < -0.39 is 28.2 Å². The van der Waals surface area contributed by atoms with Crippen molar-refractivity contribution in [3.05, 3.63) is 64.0 Å². The van der Waals surface area contributed by atoms with Gasteiger partial charge in [-0.25, -0.2) is 0 Å². The quantitative estimate of drug-likeness (QED) is 0.304. The van der Waals surface area contributed by atoms with Crippen LogP contribution in [-0.4, -0.2) is 36.4 Å². The van der Waals surface area contributed by atoms with E-state index in [1.807, 2.05) is 0 Å². The topological polar surface area (TPSA) is 105 Å². The van der Waals surface area contributed by atoms with Crippen molar-refractivity contribution in [1.29, 1.82) is 0 Å². The van der Waals surface area contributed by atoms with Gasteiger partial charge in [0, 0.05) is 37.1 Å². The molecule has 0 aromatic heterocycles. The molecule has 0 atom stereocenters. The number of carbonyl (C=O) groups is 2. The van der Waals surface area contributed by atoms with Crippen LogP contribution >= 0.6 is 0 Å². The molecule has 0 bridgehead atoms. The Labute approximate surface area is 179 Å². The molecule has 0 spiro atoms. The number of benzene rings is 2. The minimum Gasteiger partial charge on any atom is -0.372 e. The molecule has 1 heterocycles. The number of anilines is 2. The highest BCUT2D eigenvalue weighted by molar-refractivity contribution is 6.39. The van der Waals surface area contributed by atoms with Gasteiger partial charge in [-0.1, -0.05) is 12.1 Å². The third-order valence-corrected chi connectivity index (χ3v) is 5.19. The van der Waals surface area contributed by atoms with Crippen LogP contribution in [0.3, 0.4) is 0 Å². The third kappa shape index (κ3) is 6.24. The molecule has 31 heavy (non-hydrogen) atoms. The van der Waals surface area contributed by atoms with Crippen molar-refractivity contribution in [3.8, 4) is 0 Å². The summed E-state index contributed by atoms with van der Waals surface area (Å²) in [5, 5.41) is 15.5. The van der Waals surface area contributed by atoms with Crippen molar-refractivity contribution >= 4 is 28.9 Å². The van der Waals surface area contributed by atoms with Gasteiger partial charge >= 0.3 is 17.5 Å². The third-order valence-electron chi connectivity index (χ3n) is 5.19. The summed E-state index contributed by atoms with van der Waals surface area (Å²) in [7, 11) is 0. The second-order valence-corrected chi connectivity index (χ2v) is 7.45. The van der Waals surface area contributed by atoms with E-state index in [0.29, 0.717) is 13.0 Å². The van der Waals surface area contributed by atoms with E-state index in [-0.39, 0.29) is 5.69 Å². The van der Waals surface area contributed by atoms with Gasteiger partial charge < -0.3 is 15.5 Å². The van der Waals surface area contributed by atoms with E-state index in [9.17, 15) is 24.1 Å². The number of halogens is 1. The number of nitrogens with zero attached hydrogens (tertiary/aromatic N) is 2. The molecule has 0 aliphatic carbocycles. The van der Waals surface area contributed by atoms with Gasteiger partial charge in [0.25, 0.3) is 0 Å². The van der Waals surface area contributed by atoms with Crippen LogP contribution in [-0.2, 0) is 16.0 Å². The van der Waals surface area contributed by atoms with Gasteiger partial charge in [0.1, 0.15) is 0 Å². The summed E-state index contributed by atoms with van der Waals surface area (Å²) in [4.78, 5) is 36.1. The van der Waals surface area contributed by atoms with Gasteiger partial charge in [-0.3, -0.25) is 19.7 Å². The van der Waals surface area contributed by atoms with Crippen LogP contribution in [0, 0.1) is 15.9 Å². The first-order valence-electron chi connectivity index (χ1n) is 10.3. The zero-order chi connectivity index (χ0) is 22.2. The van der Waals surface area contributed by atoms with E-state index in [1.165, 1.54) is 24.9 Å². The fraction of sp³-hybridized carbons (Fsp3) is 0.364. The van der Waals surface area contributed by atoms with Crippen LogP contribution in [0.2, 0.25) is 0 Å². The number of hydrogen-bond acceptors (Lipinski definition) is 5. The maximum absolute atomic E-state index is 13.3. The van der Waals surface area contributed by atoms with Gasteiger partial charge in [-0.05, 0) is 61.9 Å². The van der Waals surface area contributed by atoms with E-state index in [2.05, 4.69) is 39.8 Å². The molecule has 1 saturated heterocycles. The highest BCUT2D eigenvalue weighted by Crippen LogP contribution is 2.22. The smallest absolute Gasteiger partial charge is 0.313 e. The maximum atomic E-state index is 13.3. The monoisotopic (exact) mass is 428 g/mol. The average Bonchev–Trinajstić information content (AvgIpc) is 2.78. The minimum atomic E-state index is -1.02. The number of hydrogen-bond donors (Lipinski definition) is 2. The highest BCUT2D eigenvalue weighted by Gasteiger charge is 2.18. The Morgan fingerprint density at radius 1 is 1.03 bits per heavy atom. The summed E-state index contributed by atoms with van der Waals surface area (Å²) in [5.41, 5.74) is 1.58. The summed E-state index contributed by atoms with van der Waals surface area (Å²) >= 11 is 0. The van der Waals surface area contributed by atoms with Gasteiger partial charge in [-0.15, -0.1) is 0 Å². The van der Waals surface area contributed by atoms with Gasteiger partial charge in [0.15, 0.2) is 0 Å². The minimum absolute atomic E-state index is 0.0259. The van der Waals surface area contributed by atoms with E-state index in [4.69, 9.17) is 0 Å². The zero-order valence-corrected chi connectivity index (χ0v) is 17.1. The molecule has 2 aromatic rings. The second kappa shape index (κ2) is 10.5. The summed E-state index contributed by atoms with van der Waals surface area (Å²) in [6, 6.07) is 11.3. The van der Waals surface area contributed by atoms with E-state index >= 15 is 0 Å². The number of nitro groups is 1. The Balaban J connectivity index is 1.41. The lowest BCUT2D eigenvalue weighted by molar-refractivity contribution is -0.387. The van der Waals surface area contributed by atoms with Gasteiger partial charge in [0.2, 0.25) is 5.82 Å². The molecule has 2 amide bonds. The molecular weight excluding hydrogens is 403 g/mol. The van der Waals surface area contributed by atoms with Crippen LogP contribution in [0.1, 0.15) is 31.2 Å². The van der Waals surface area contributed by atoms with Crippen molar-refractivity contribution < 1.29 is 18.9 Å². The molecule has 8 nitrogen and oxygen atoms in total. The first-order chi connectivity index (χ1) is 14.9. The number of nitro benzene ring substituents is 1. The van der Waals surface area contributed by atoms with Crippen LogP contribution in [0.5, 0.6) is 0 Å². The fourth-order valence-corrected chi connectivity index (χ4v) is 3.52. The lowest BCUT2D eigenvalue weighted by Crippen LogP contribution is -2.36. The van der Waals surface area contributed by atoms with E-state index in [0.717, 1.165) is 43.3 Å². The van der Waals surface area contributed by atoms with Gasteiger partial charge in [0.05, 0.1) is 4.92 Å². The SMILES string of the molecule is O=C(NCCCc1ccc(N2CCCCC2)cc1)C(=O)Nc1ccc(F)c([N+](=O)[O-])c1. The van der Waals surface area contributed by atoms with Crippen molar-refractivity contribution in [1.82, 2.24) is 5.32 Å². The summed E-state index contributed by atoms with van der Waals surface area (Å²) in [6.45, 7) is 2.50. The lowest BCUT2D eigenvalue weighted by atomic mass is 10.1. The van der Waals surface area contributed by atoms with Gasteiger partial charge in [-0.2, -0.15) is 4.39 Å². The Morgan fingerprint density at radius 2 is 1.74 bits per heavy atom. The van der Waals surface area contributed by atoms with Crippen LogP contribution < -0.4 is 15.5 Å². The Hall–Kier alpha value is -3.49. The molecule has 164 valence electrons. The molecule has 1 aliphatic heterocycles. The summed E-state index contributed by atoms with van der Waals surface area (Å²) < 4.78 is 13.3. The fourth-order valence-electron chi connectivity index (χ4n) is 3.52. The zero-order valence-electron chi connectivity index (χ0n) is 17.1. The maximum Gasteiger partial charge on any atom is 0.313 e. The van der Waals surface area contributed by atoms with Crippen molar-refractivity contribution in [3.63, 3.8) is 0 Å². The largest absolute Gasteiger partial charge is 0.372 e. The van der Waals surface area contributed by atoms with Crippen LogP contribution in [0.25, 0.3) is 0 Å².